The molecule has 1 atom stereocenters. The Bertz CT molecular complexity index is 493. The molecule has 0 saturated heterocycles. The number of hydrogen-bond donors (Lipinski definition) is 3. The van der Waals surface area contributed by atoms with E-state index in [4.69, 9.17) is 21.1 Å². The molecule has 1 unspecified atom stereocenters. The summed E-state index contributed by atoms with van der Waals surface area (Å²) in [4.78, 5) is 11.9. The number of esters is 1. The van der Waals surface area contributed by atoms with E-state index in [2.05, 4.69) is 0 Å². The van der Waals surface area contributed by atoms with Crippen LogP contribution in [0.4, 0.5) is 0 Å². The lowest BCUT2D eigenvalue weighted by molar-refractivity contribution is -0.158. The van der Waals surface area contributed by atoms with E-state index >= 15 is 0 Å². The van der Waals surface area contributed by atoms with Gasteiger partial charge in [0, 0.05) is 5.02 Å². The average Bonchev–Trinajstić information content (AvgIpc) is 2.52. The number of aliphatic hydroxyl groups excluding tert-OH is 3. The van der Waals surface area contributed by atoms with Gasteiger partial charge in [-0.2, -0.15) is 0 Å². The van der Waals surface area contributed by atoms with Crippen molar-refractivity contribution in [3.05, 3.63) is 28.8 Å². The molecule has 0 saturated carbocycles. The van der Waals surface area contributed by atoms with Gasteiger partial charge in [-0.15, -0.1) is 0 Å². The Balaban J connectivity index is 2.64. The van der Waals surface area contributed by atoms with Crippen LogP contribution in [0.2, 0.25) is 5.02 Å². The second-order valence-electron chi connectivity index (χ2n) is 5.25. The Morgan fingerprint density at radius 3 is 2.41 bits per heavy atom. The summed E-state index contributed by atoms with van der Waals surface area (Å²) in [7, 11) is 0. The van der Waals surface area contributed by atoms with Crippen molar-refractivity contribution in [3.63, 3.8) is 0 Å². The smallest absolute Gasteiger partial charge is 0.347 e. The van der Waals surface area contributed by atoms with Gasteiger partial charge in [-0.25, -0.2) is 4.79 Å². The molecule has 0 aliphatic carbocycles. The number of carbonyl (C=O) groups is 1. The quantitative estimate of drug-likeness (QED) is 0.613. The predicted octanol–water partition coefficient (Wildman–Crippen LogP) is 0.922. The summed E-state index contributed by atoms with van der Waals surface area (Å²) < 4.78 is 10.5. The first-order valence-corrected chi connectivity index (χ1v) is 7.17. The van der Waals surface area contributed by atoms with Gasteiger partial charge in [0.2, 0.25) is 0 Å². The minimum Gasteiger partial charge on any atom is -0.479 e. The van der Waals surface area contributed by atoms with E-state index in [0.29, 0.717) is 10.8 Å². The first kappa shape index (κ1) is 18.7. The van der Waals surface area contributed by atoms with Crippen molar-refractivity contribution in [2.24, 2.45) is 5.41 Å². The van der Waals surface area contributed by atoms with Crippen molar-refractivity contribution in [2.75, 3.05) is 26.4 Å². The molecule has 7 heteroatoms. The zero-order valence-corrected chi connectivity index (χ0v) is 13.3. The lowest BCUT2D eigenvalue weighted by atomic mass is 9.93. The van der Waals surface area contributed by atoms with E-state index in [0.717, 1.165) is 5.56 Å². The topological polar surface area (TPSA) is 96.2 Å². The van der Waals surface area contributed by atoms with Crippen molar-refractivity contribution in [1.82, 2.24) is 0 Å². The number of carbonyl (C=O) groups excluding carboxylic acids is 1. The number of halogens is 1. The third-order valence-electron chi connectivity index (χ3n) is 3.31. The number of aryl methyl sites for hydroxylation is 1. The van der Waals surface area contributed by atoms with E-state index < -0.39 is 37.3 Å². The molecule has 1 rings (SSSR count). The van der Waals surface area contributed by atoms with E-state index in [1.54, 1.807) is 18.2 Å². The molecule has 0 aliphatic rings. The number of ether oxygens (including phenoxy) is 2. The number of benzene rings is 1. The Labute approximate surface area is 134 Å². The van der Waals surface area contributed by atoms with Crippen LogP contribution in [0, 0.1) is 12.3 Å². The largest absolute Gasteiger partial charge is 0.479 e. The van der Waals surface area contributed by atoms with E-state index in [1.165, 1.54) is 6.92 Å². The first-order chi connectivity index (χ1) is 10.4. The molecule has 0 amide bonds. The minimum absolute atomic E-state index is 0.308. The maximum atomic E-state index is 11.9. The number of aliphatic hydroxyl groups is 3. The van der Waals surface area contributed by atoms with Crippen molar-refractivity contribution in [1.29, 1.82) is 0 Å². The standard InChI is InChI=1S/C15H21ClO6/c1-10-3-4-12(16)5-13(10)22-11(2)14(20)21-9-15(6-17,7-18)8-19/h3-5,11,17-19H,6-9H2,1-2H3. The molecule has 0 aliphatic heterocycles. The highest BCUT2D eigenvalue weighted by atomic mass is 35.5. The molecule has 0 aromatic heterocycles. The van der Waals surface area contributed by atoms with Crippen LogP contribution in [0.3, 0.4) is 0 Å². The Hall–Kier alpha value is -1.34. The van der Waals surface area contributed by atoms with Crippen LogP contribution in [0.1, 0.15) is 12.5 Å². The van der Waals surface area contributed by atoms with E-state index in [1.807, 2.05) is 6.92 Å². The van der Waals surface area contributed by atoms with Crippen LogP contribution >= 0.6 is 11.6 Å². The lowest BCUT2D eigenvalue weighted by Crippen LogP contribution is -2.41. The number of rotatable bonds is 8. The van der Waals surface area contributed by atoms with Gasteiger partial charge in [-0.3, -0.25) is 0 Å². The molecule has 0 bridgehead atoms. The fourth-order valence-corrected chi connectivity index (χ4v) is 1.73. The minimum atomic E-state index is -1.26. The molecule has 3 N–H and O–H groups in total. The Morgan fingerprint density at radius 1 is 1.27 bits per heavy atom. The van der Waals surface area contributed by atoms with Crippen LogP contribution in [0.25, 0.3) is 0 Å². The van der Waals surface area contributed by atoms with Crippen LogP contribution in [0.5, 0.6) is 5.75 Å². The molecule has 1 aromatic carbocycles. The van der Waals surface area contributed by atoms with Crippen molar-refractivity contribution in [2.45, 2.75) is 20.0 Å². The molecule has 22 heavy (non-hydrogen) atoms. The predicted molar refractivity (Wildman–Crippen MR) is 80.9 cm³/mol. The first-order valence-electron chi connectivity index (χ1n) is 6.79. The zero-order chi connectivity index (χ0) is 16.8. The number of hydrogen-bond acceptors (Lipinski definition) is 6. The van der Waals surface area contributed by atoms with Crippen LogP contribution in [0.15, 0.2) is 18.2 Å². The fraction of sp³-hybridized carbons (Fsp3) is 0.533. The summed E-state index contributed by atoms with van der Waals surface area (Å²) >= 11 is 5.88. The van der Waals surface area contributed by atoms with Crippen molar-refractivity contribution in [3.8, 4) is 5.75 Å². The van der Waals surface area contributed by atoms with Crippen LogP contribution < -0.4 is 4.74 Å². The van der Waals surface area contributed by atoms with Gasteiger partial charge in [0.25, 0.3) is 0 Å². The summed E-state index contributed by atoms with van der Waals surface area (Å²) in [5, 5.41) is 28.0. The molecule has 1 aromatic rings. The highest BCUT2D eigenvalue weighted by Gasteiger charge is 2.31. The molecule has 0 spiro atoms. The Kier molecular flexibility index (Phi) is 7.09. The summed E-state index contributed by atoms with van der Waals surface area (Å²) in [5.41, 5.74) is -0.444. The normalized spacial score (nSPS) is 12.8. The SMILES string of the molecule is Cc1ccc(Cl)cc1OC(C)C(=O)OCC(CO)(CO)CO. The van der Waals surface area contributed by atoms with Gasteiger partial charge in [0.05, 0.1) is 25.2 Å². The molecular formula is C15H21ClO6. The fourth-order valence-electron chi connectivity index (χ4n) is 1.57. The monoisotopic (exact) mass is 332 g/mol. The van der Waals surface area contributed by atoms with E-state index in [-0.39, 0.29) is 6.61 Å². The van der Waals surface area contributed by atoms with Gasteiger partial charge in [0.1, 0.15) is 12.4 Å². The lowest BCUT2D eigenvalue weighted by Gasteiger charge is -2.27. The van der Waals surface area contributed by atoms with Gasteiger partial charge in [0.15, 0.2) is 6.10 Å². The molecule has 0 fully saturated rings. The van der Waals surface area contributed by atoms with Gasteiger partial charge < -0.3 is 24.8 Å². The summed E-state index contributed by atoms with van der Waals surface area (Å²) in [6.45, 7) is 1.51. The second-order valence-corrected chi connectivity index (χ2v) is 5.69. The summed E-state index contributed by atoms with van der Waals surface area (Å²) in [6, 6.07) is 5.08. The molecule has 124 valence electrons. The highest BCUT2D eigenvalue weighted by Crippen LogP contribution is 2.24. The molecule has 6 nitrogen and oxygen atoms in total. The van der Waals surface area contributed by atoms with Crippen LogP contribution in [-0.2, 0) is 9.53 Å². The van der Waals surface area contributed by atoms with Crippen molar-refractivity contribution < 1.29 is 29.6 Å². The zero-order valence-electron chi connectivity index (χ0n) is 12.6. The van der Waals surface area contributed by atoms with Crippen molar-refractivity contribution >= 4 is 17.6 Å². The van der Waals surface area contributed by atoms with Gasteiger partial charge in [-0.05, 0) is 31.5 Å². The third kappa shape index (κ3) is 4.84. The molecular weight excluding hydrogens is 312 g/mol. The van der Waals surface area contributed by atoms with Gasteiger partial charge >= 0.3 is 5.97 Å². The maximum Gasteiger partial charge on any atom is 0.347 e. The van der Waals surface area contributed by atoms with Crippen LogP contribution in [-0.4, -0.2) is 53.8 Å². The molecule has 0 radical (unpaired) electrons. The second kappa shape index (κ2) is 8.33. The summed E-state index contributed by atoms with van der Waals surface area (Å²) in [5.74, 6) is -0.200. The average molecular weight is 333 g/mol. The summed E-state index contributed by atoms with van der Waals surface area (Å²) in [6.07, 6.45) is -0.897. The third-order valence-corrected chi connectivity index (χ3v) is 3.55. The molecule has 0 heterocycles. The van der Waals surface area contributed by atoms with Gasteiger partial charge in [-0.1, -0.05) is 17.7 Å². The maximum absolute atomic E-state index is 11.9. The highest BCUT2D eigenvalue weighted by molar-refractivity contribution is 6.30. The Morgan fingerprint density at radius 2 is 1.86 bits per heavy atom. The van der Waals surface area contributed by atoms with E-state index in [9.17, 15) is 20.1 Å².